The molecule has 3 nitrogen and oxygen atoms in total. The summed E-state index contributed by atoms with van der Waals surface area (Å²) in [5.74, 6) is -0.723. The van der Waals surface area contributed by atoms with Gasteiger partial charge in [0.25, 0.3) is 0 Å². The highest BCUT2D eigenvalue weighted by Gasteiger charge is 2.18. The van der Waals surface area contributed by atoms with Crippen LogP contribution in [0.5, 0.6) is 0 Å². The van der Waals surface area contributed by atoms with Gasteiger partial charge in [0.1, 0.15) is 0 Å². The van der Waals surface area contributed by atoms with Gasteiger partial charge in [0.2, 0.25) is 5.95 Å². The van der Waals surface area contributed by atoms with Crippen molar-refractivity contribution >= 4 is 5.97 Å². The van der Waals surface area contributed by atoms with Crippen LogP contribution in [0.3, 0.4) is 0 Å². The maximum Gasteiger partial charge on any atom is 0.357 e. The Balaban J connectivity index is 1.87. The minimum absolute atomic E-state index is 0.0398. The molecule has 1 saturated carbocycles. The number of nitrogens with zero attached hydrogens (tertiary/aromatic N) is 1. The van der Waals surface area contributed by atoms with Gasteiger partial charge in [-0.1, -0.05) is 18.9 Å². The minimum Gasteiger partial charge on any atom is -0.461 e. The molecular formula is C12H14FNO2. The second kappa shape index (κ2) is 5.05. The lowest BCUT2D eigenvalue weighted by molar-refractivity contribution is 0.0434. The molecule has 0 aliphatic heterocycles. The van der Waals surface area contributed by atoms with E-state index in [0.29, 0.717) is 12.5 Å². The van der Waals surface area contributed by atoms with Gasteiger partial charge in [0, 0.05) is 0 Å². The predicted molar refractivity (Wildman–Crippen MR) is 56.4 cm³/mol. The number of hydrogen-bond acceptors (Lipinski definition) is 3. The lowest BCUT2D eigenvalue weighted by atomic mass is 10.1. The SMILES string of the molecule is O=C(OCC1CCCC1)c1cccc(F)n1. The molecule has 86 valence electrons. The quantitative estimate of drug-likeness (QED) is 0.584. The van der Waals surface area contributed by atoms with Crippen molar-refractivity contribution in [2.75, 3.05) is 6.61 Å². The van der Waals surface area contributed by atoms with Crippen molar-refractivity contribution in [2.45, 2.75) is 25.7 Å². The molecule has 1 aromatic heterocycles. The number of halogens is 1. The van der Waals surface area contributed by atoms with E-state index in [1.54, 1.807) is 0 Å². The summed E-state index contributed by atoms with van der Waals surface area (Å²) in [4.78, 5) is 15.0. The van der Waals surface area contributed by atoms with E-state index in [9.17, 15) is 9.18 Å². The fourth-order valence-electron chi connectivity index (χ4n) is 1.97. The molecule has 0 amide bonds. The number of rotatable bonds is 3. The fraction of sp³-hybridized carbons (Fsp3) is 0.500. The first-order chi connectivity index (χ1) is 7.75. The maximum atomic E-state index is 12.7. The van der Waals surface area contributed by atoms with Gasteiger partial charge in [0.15, 0.2) is 5.69 Å². The number of esters is 1. The smallest absolute Gasteiger partial charge is 0.357 e. The normalized spacial score (nSPS) is 16.3. The van der Waals surface area contributed by atoms with Crippen molar-refractivity contribution in [3.05, 3.63) is 29.8 Å². The van der Waals surface area contributed by atoms with E-state index in [0.717, 1.165) is 12.8 Å². The van der Waals surface area contributed by atoms with Crippen LogP contribution in [0.15, 0.2) is 18.2 Å². The van der Waals surface area contributed by atoms with Crippen molar-refractivity contribution in [3.63, 3.8) is 0 Å². The Kier molecular flexibility index (Phi) is 3.49. The zero-order valence-electron chi connectivity index (χ0n) is 8.99. The zero-order chi connectivity index (χ0) is 11.4. The van der Waals surface area contributed by atoms with E-state index in [1.807, 2.05) is 0 Å². The van der Waals surface area contributed by atoms with Crippen LogP contribution in [-0.2, 0) is 4.74 Å². The molecule has 0 radical (unpaired) electrons. The summed E-state index contributed by atoms with van der Waals surface area (Å²) in [6.45, 7) is 0.428. The molecule has 0 saturated heterocycles. The molecule has 4 heteroatoms. The zero-order valence-corrected chi connectivity index (χ0v) is 8.99. The van der Waals surface area contributed by atoms with Crippen LogP contribution in [0.1, 0.15) is 36.2 Å². The molecule has 0 aromatic carbocycles. The third kappa shape index (κ3) is 2.78. The van der Waals surface area contributed by atoms with Crippen LogP contribution in [0.4, 0.5) is 4.39 Å². The second-order valence-corrected chi connectivity index (χ2v) is 4.09. The standard InChI is InChI=1S/C12H14FNO2/c13-11-7-3-6-10(14-11)12(15)16-8-9-4-1-2-5-9/h3,6-7,9H,1-2,4-5,8H2. The van der Waals surface area contributed by atoms with Gasteiger partial charge in [0.05, 0.1) is 6.61 Å². The van der Waals surface area contributed by atoms with Crippen molar-refractivity contribution < 1.29 is 13.9 Å². The largest absolute Gasteiger partial charge is 0.461 e. The average molecular weight is 223 g/mol. The van der Waals surface area contributed by atoms with Gasteiger partial charge < -0.3 is 4.74 Å². The minimum atomic E-state index is -0.657. The molecule has 1 heterocycles. The molecule has 0 N–H and O–H groups in total. The second-order valence-electron chi connectivity index (χ2n) is 4.09. The molecule has 1 aromatic rings. The maximum absolute atomic E-state index is 12.7. The molecule has 1 aliphatic carbocycles. The van der Waals surface area contributed by atoms with E-state index in [4.69, 9.17) is 4.74 Å². The third-order valence-electron chi connectivity index (χ3n) is 2.85. The number of hydrogen-bond donors (Lipinski definition) is 0. The van der Waals surface area contributed by atoms with Gasteiger partial charge in [-0.05, 0) is 30.9 Å². The molecule has 0 spiro atoms. The summed E-state index contributed by atoms with van der Waals surface area (Å²) >= 11 is 0. The van der Waals surface area contributed by atoms with Crippen LogP contribution in [0, 0.1) is 11.9 Å². The number of ether oxygens (including phenoxy) is 1. The van der Waals surface area contributed by atoms with Gasteiger partial charge in [-0.3, -0.25) is 0 Å². The van der Waals surface area contributed by atoms with Crippen LogP contribution >= 0.6 is 0 Å². The Bertz CT molecular complexity index is 375. The lowest BCUT2D eigenvalue weighted by Crippen LogP contribution is -2.13. The van der Waals surface area contributed by atoms with Crippen LogP contribution in [-0.4, -0.2) is 17.6 Å². The van der Waals surface area contributed by atoms with E-state index >= 15 is 0 Å². The van der Waals surface area contributed by atoms with Crippen molar-refractivity contribution in [1.82, 2.24) is 4.98 Å². The summed E-state index contributed by atoms with van der Waals surface area (Å²) in [5.41, 5.74) is 0.0398. The Morgan fingerprint density at radius 1 is 1.44 bits per heavy atom. The molecule has 1 aliphatic rings. The monoisotopic (exact) mass is 223 g/mol. The first-order valence-corrected chi connectivity index (χ1v) is 5.55. The highest BCUT2D eigenvalue weighted by Crippen LogP contribution is 2.24. The summed E-state index contributed by atoms with van der Waals surface area (Å²) in [6, 6.07) is 4.11. The summed E-state index contributed by atoms with van der Waals surface area (Å²) in [6.07, 6.45) is 4.65. The number of aromatic nitrogens is 1. The highest BCUT2D eigenvalue weighted by molar-refractivity contribution is 5.87. The van der Waals surface area contributed by atoms with Gasteiger partial charge >= 0.3 is 5.97 Å². The third-order valence-corrected chi connectivity index (χ3v) is 2.85. The van der Waals surface area contributed by atoms with E-state index in [-0.39, 0.29) is 5.69 Å². The summed E-state index contributed by atoms with van der Waals surface area (Å²) < 4.78 is 17.8. The van der Waals surface area contributed by atoms with E-state index in [2.05, 4.69) is 4.98 Å². The number of carbonyl (C=O) groups excluding carboxylic acids is 1. The van der Waals surface area contributed by atoms with E-state index < -0.39 is 11.9 Å². The van der Waals surface area contributed by atoms with Crippen molar-refractivity contribution in [2.24, 2.45) is 5.92 Å². The number of carbonyl (C=O) groups is 1. The first-order valence-electron chi connectivity index (χ1n) is 5.55. The molecular weight excluding hydrogens is 209 g/mol. The molecule has 2 rings (SSSR count). The fourth-order valence-corrected chi connectivity index (χ4v) is 1.97. The molecule has 0 atom stereocenters. The highest BCUT2D eigenvalue weighted by atomic mass is 19.1. The molecule has 16 heavy (non-hydrogen) atoms. The Hall–Kier alpha value is -1.45. The molecule has 0 unspecified atom stereocenters. The van der Waals surface area contributed by atoms with E-state index in [1.165, 1.54) is 31.0 Å². The van der Waals surface area contributed by atoms with Crippen molar-refractivity contribution in [3.8, 4) is 0 Å². The van der Waals surface area contributed by atoms with Crippen molar-refractivity contribution in [1.29, 1.82) is 0 Å². The topological polar surface area (TPSA) is 39.2 Å². The average Bonchev–Trinajstić information content (AvgIpc) is 2.78. The Morgan fingerprint density at radius 3 is 2.88 bits per heavy atom. The van der Waals surface area contributed by atoms with Gasteiger partial charge in [-0.25, -0.2) is 9.78 Å². The molecule has 1 fully saturated rings. The summed E-state index contributed by atoms with van der Waals surface area (Å²) in [7, 11) is 0. The van der Waals surface area contributed by atoms with Gasteiger partial charge in [-0.15, -0.1) is 0 Å². The van der Waals surface area contributed by atoms with Crippen LogP contribution < -0.4 is 0 Å². The lowest BCUT2D eigenvalue weighted by Gasteiger charge is -2.09. The summed E-state index contributed by atoms with van der Waals surface area (Å²) in [5, 5.41) is 0. The van der Waals surface area contributed by atoms with Crippen LogP contribution in [0.25, 0.3) is 0 Å². The van der Waals surface area contributed by atoms with Crippen LogP contribution in [0.2, 0.25) is 0 Å². The Labute approximate surface area is 93.6 Å². The predicted octanol–water partition coefficient (Wildman–Crippen LogP) is 2.57. The Morgan fingerprint density at radius 2 is 2.19 bits per heavy atom. The first kappa shape index (κ1) is 11.0. The van der Waals surface area contributed by atoms with Gasteiger partial charge in [-0.2, -0.15) is 4.39 Å². The number of pyridine rings is 1. The molecule has 0 bridgehead atoms.